The van der Waals surface area contributed by atoms with Crippen molar-refractivity contribution >= 4 is 32.7 Å². The number of ketones is 2. The van der Waals surface area contributed by atoms with E-state index in [9.17, 15) is 18.0 Å². The topological polar surface area (TPSA) is 68.3 Å². The molecule has 134 valence electrons. The van der Waals surface area contributed by atoms with E-state index < -0.39 is 9.84 Å². The maximum Gasteiger partial charge on any atom is 0.203 e. The molecule has 0 bridgehead atoms. The van der Waals surface area contributed by atoms with E-state index in [1.807, 2.05) is 13.8 Å². The van der Waals surface area contributed by atoms with Crippen molar-refractivity contribution in [3.05, 3.63) is 52.5 Å². The van der Waals surface area contributed by atoms with Gasteiger partial charge in [0, 0.05) is 18.2 Å². The molecule has 0 unspecified atom stereocenters. The quantitative estimate of drug-likeness (QED) is 0.438. The molecule has 0 amide bonds. The Hall–Kier alpha value is -1.79. The average Bonchev–Trinajstić information content (AvgIpc) is 2.84. The number of thiophene rings is 1. The van der Waals surface area contributed by atoms with Gasteiger partial charge in [0.15, 0.2) is 15.6 Å². The minimum Gasteiger partial charge on any atom is -0.294 e. The summed E-state index contributed by atoms with van der Waals surface area (Å²) in [7, 11) is -3.59. The minimum absolute atomic E-state index is 0.00443. The first-order valence-corrected chi connectivity index (χ1v) is 10.6. The Balaban J connectivity index is 2.76. The highest BCUT2D eigenvalue weighted by Crippen LogP contribution is 2.43. The largest absolute Gasteiger partial charge is 0.294 e. The molecule has 0 spiro atoms. The molecular formula is C19H22O4S2. The molecule has 4 nitrogen and oxygen atoms in total. The zero-order valence-electron chi connectivity index (χ0n) is 14.9. The van der Waals surface area contributed by atoms with Crippen molar-refractivity contribution in [2.24, 2.45) is 5.41 Å². The van der Waals surface area contributed by atoms with E-state index in [1.54, 1.807) is 25.2 Å². The minimum atomic E-state index is -3.59. The Kier molecular flexibility index (Phi) is 5.35. The maximum atomic E-state index is 13.0. The Morgan fingerprint density at radius 2 is 1.92 bits per heavy atom. The zero-order valence-corrected chi connectivity index (χ0v) is 16.5. The zero-order chi connectivity index (χ0) is 19.0. The van der Waals surface area contributed by atoms with E-state index in [0.29, 0.717) is 22.4 Å². The van der Waals surface area contributed by atoms with E-state index in [4.69, 9.17) is 0 Å². The molecule has 1 heterocycles. The van der Waals surface area contributed by atoms with E-state index in [2.05, 4.69) is 6.58 Å². The number of carbonyl (C=O) groups is 2. The van der Waals surface area contributed by atoms with Crippen molar-refractivity contribution in [3.63, 3.8) is 0 Å². The van der Waals surface area contributed by atoms with Crippen LogP contribution in [0.5, 0.6) is 0 Å². The summed E-state index contributed by atoms with van der Waals surface area (Å²) in [4.78, 5) is 25.9. The first-order valence-electron chi connectivity index (χ1n) is 7.91. The number of hydrogen-bond acceptors (Lipinski definition) is 5. The van der Waals surface area contributed by atoms with Crippen molar-refractivity contribution in [2.75, 3.05) is 6.26 Å². The fourth-order valence-electron chi connectivity index (χ4n) is 3.05. The van der Waals surface area contributed by atoms with Crippen LogP contribution in [0.25, 0.3) is 0 Å². The number of rotatable bonds is 5. The third-order valence-corrected chi connectivity index (χ3v) is 7.06. The lowest BCUT2D eigenvalue weighted by atomic mass is 9.74. The van der Waals surface area contributed by atoms with E-state index >= 15 is 0 Å². The predicted octanol–water partition coefficient (Wildman–Crippen LogP) is 4.18. The first kappa shape index (κ1) is 19.5. The van der Waals surface area contributed by atoms with Crippen LogP contribution < -0.4 is 0 Å². The fourth-order valence-corrected chi connectivity index (χ4v) is 5.54. The lowest BCUT2D eigenvalue weighted by Crippen LogP contribution is -2.28. The second kappa shape index (κ2) is 6.84. The van der Waals surface area contributed by atoms with Crippen LogP contribution in [-0.2, 0) is 16.3 Å². The first-order chi connectivity index (χ1) is 11.5. The summed E-state index contributed by atoms with van der Waals surface area (Å²) in [6.07, 6.45) is 8.35. The highest BCUT2D eigenvalue weighted by molar-refractivity contribution is 7.92. The molecule has 1 aromatic heterocycles. The fraction of sp³-hybridized carbons (Fsp3) is 0.368. The van der Waals surface area contributed by atoms with E-state index in [-0.39, 0.29) is 33.2 Å². The molecule has 0 aromatic carbocycles. The van der Waals surface area contributed by atoms with E-state index in [1.165, 1.54) is 6.08 Å². The molecule has 0 saturated heterocycles. The highest BCUT2D eigenvalue weighted by Gasteiger charge is 2.39. The van der Waals surface area contributed by atoms with Crippen molar-refractivity contribution < 1.29 is 18.0 Å². The Labute approximate surface area is 152 Å². The molecule has 1 aromatic rings. The molecule has 0 atom stereocenters. The molecule has 6 heteroatoms. The lowest BCUT2D eigenvalue weighted by Gasteiger charge is -2.29. The monoisotopic (exact) mass is 378 g/mol. The molecule has 2 rings (SSSR count). The van der Waals surface area contributed by atoms with Crippen LogP contribution in [0.3, 0.4) is 0 Å². The molecule has 1 aliphatic rings. The molecule has 0 saturated carbocycles. The molecular weight excluding hydrogens is 356 g/mol. The van der Waals surface area contributed by atoms with Crippen LogP contribution in [0.1, 0.15) is 52.8 Å². The molecule has 25 heavy (non-hydrogen) atoms. The number of fused-ring (bicyclic) bond motifs is 1. The summed E-state index contributed by atoms with van der Waals surface area (Å²) >= 11 is 0.908. The predicted molar refractivity (Wildman–Crippen MR) is 101 cm³/mol. The standard InChI is InChI=1S/C19H22O4S2/c1-6-8-12(9-7-2)16(21)17-13-10-19(3,4)11-14(20)15(13)18(24-17)25(5,22)23/h6-9H,1,10-11H2,2-5H3/b9-7-,12-8+. The maximum absolute atomic E-state index is 13.0. The number of allylic oxidation sites excluding steroid dienone is 5. The van der Waals surface area contributed by atoms with Crippen LogP contribution in [0.4, 0.5) is 0 Å². The van der Waals surface area contributed by atoms with Gasteiger partial charge >= 0.3 is 0 Å². The summed E-state index contributed by atoms with van der Waals surface area (Å²) < 4.78 is 24.3. The van der Waals surface area contributed by atoms with Crippen molar-refractivity contribution in [1.82, 2.24) is 0 Å². The molecule has 0 N–H and O–H groups in total. The number of Topliss-reactive ketones (excluding diaryl/α,β-unsaturated/α-hetero) is 2. The van der Waals surface area contributed by atoms with Gasteiger partial charge in [-0.25, -0.2) is 8.42 Å². The van der Waals surface area contributed by atoms with Gasteiger partial charge in [-0.05, 0) is 24.3 Å². The van der Waals surface area contributed by atoms with Gasteiger partial charge in [0.1, 0.15) is 4.21 Å². The van der Waals surface area contributed by atoms with E-state index in [0.717, 1.165) is 17.6 Å². The van der Waals surface area contributed by atoms with Gasteiger partial charge in [-0.1, -0.05) is 44.7 Å². The van der Waals surface area contributed by atoms with Crippen molar-refractivity contribution in [3.8, 4) is 0 Å². The average molecular weight is 379 g/mol. The molecule has 0 fully saturated rings. The van der Waals surface area contributed by atoms with Gasteiger partial charge in [-0.15, -0.1) is 11.3 Å². The number of hydrogen-bond donors (Lipinski definition) is 0. The number of sulfone groups is 1. The third kappa shape index (κ3) is 3.90. The normalized spacial score (nSPS) is 17.6. The second-order valence-electron chi connectivity index (χ2n) is 6.97. The van der Waals surface area contributed by atoms with Gasteiger partial charge in [0.25, 0.3) is 0 Å². The Morgan fingerprint density at radius 1 is 1.28 bits per heavy atom. The summed E-state index contributed by atoms with van der Waals surface area (Å²) in [6.45, 7) is 9.31. The second-order valence-corrected chi connectivity index (χ2v) is 10.2. The summed E-state index contributed by atoms with van der Waals surface area (Å²) in [6, 6.07) is 0. The van der Waals surface area contributed by atoms with Crippen LogP contribution in [-0.4, -0.2) is 26.2 Å². The highest BCUT2D eigenvalue weighted by atomic mass is 32.2. The lowest BCUT2D eigenvalue weighted by molar-refractivity contribution is 0.0909. The van der Waals surface area contributed by atoms with Crippen molar-refractivity contribution in [2.45, 2.75) is 37.8 Å². The summed E-state index contributed by atoms with van der Waals surface area (Å²) in [5, 5.41) is 0. The number of carbonyl (C=O) groups excluding carboxylic acids is 2. The summed E-state index contributed by atoms with van der Waals surface area (Å²) in [5.41, 5.74) is 0.889. The van der Waals surface area contributed by atoms with Gasteiger partial charge in [-0.3, -0.25) is 9.59 Å². The summed E-state index contributed by atoms with van der Waals surface area (Å²) in [5.74, 6) is -0.484. The smallest absolute Gasteiger partial charge is 0.203 e. The van der Waals surface area contributed by atoms with Crippen LogP contribution in [0, 0.1) is 5.41 Å². The van der Waals surface area contributed by atoms with Gasteiger partial charge in [0.2, 0.25) is 5.78 Å². The van der Waals surface area contributed by atoms with Gasteiger partial charge < -0.3 is 0 Å². The van der Waals surface area contributed by atoms with Crippen LogP contribution in [0.15, 0.2) is 40.7 Å². The SMILES string of the molecule is C=C/C=C(\C=C/C)C(=O)c1sc(S(C)(=O)=O)c2c1CC(C)(C)CC2=O. The Morgan fingerprint density at radius 3 is 2.44 bits per heavy atom. The molecule has 1 aliphatic carbocycles. The van der Waals surface area contributed by atoms with Crippen molar-refractivity contribution in [1.29, 1.82) is 0 Å². The Bertz CT molecular complexity index is 909. The van der Waals surface area contributed by atoms with Gasteiger partial charge in [-0.2, -0.15) is 0 Å². The molecule has 0 aliphatic heterocycles. The van der Waals surface area contributed by atoms with Crippen LogP contribution >= 0.6 is 11.3 Å². The third-order valence-electron chi connectivity index (χ3n) is 4.00. The van der Waals surface area contributed by atoms with Gasteiger partial charge in [0.05, 0.1) is 10.4 Å². The van der Waals surface area contributed by atoms with Crippen LogP contribution in [0.2, 0.25) is 0 Å². The molecule has 0 radical (unpaired) electrons.